The van der Waals surface area contributed by atoms with E-state index < -0.39 is 11.9 Å². The van der Waals surface area contributed by atoms with E-state index in [1.165, 1.54) is 12.1 Å². The van der Waals surface area contributed by atoms with Gasteiger partial charge in [-0.05, 0) is 31.5 Å². The Morgan fingerprint density at radius 3 is 2.95 bits per heavy atom. The van der Waals surface area contributed by atoms with Gasteiger partial charge in [-0.25, -0.2) is 4.39 Å². The lowest BCUT2D eigenvalue weighted by atomic mass is 10.1. The number of halogens is 1. The zero-order chi connectivity index (χ0) is 13.7. The second kappa shape index (κ2) is 6.84. The summed E-state index contributed by atoms with van der Waals surface area (Å²) in [6.07, 6.45) is 0.749. The molecule has 2 rings (SSSR count). The maximum Gasteiger partial charge on any atom is 0.165 e. The van der Waals surface area contributed by atoms with E-state index in [1.807, 2.05) is 4.90 Å². The van der Waals surface area contributed by atoms with Crippen LogP contribution in [0, 0.1) is 5.82 Å². The normalized spacial score (nSPS) is 22.2. The fourth-order valence-electron chi connectivity index (χ4n) is 2.30. The standard InChI is InChI=1S/C14H20FNO3/c15-13-5-1-2-6-14(13)19-10-12(18)9-16-7-3-4-11(17)8-16/h1-2,5-6,11-12,17-18H,3-4,7-10H2. The Morgan fingerprint density at radius 1 is 1.42 bits per heavy atom. The van der Waals surface area contributed by atoms with Gasteiger partial charge in [0.05, 0.1) is 6.10 Å². The lowest BCUT2D eigenvalue weighted by molar-refractivity contribution is 0.0238. The first-order chi connectivity index (χ1) is 9.15. The lowest BCUT2D eigenvalue weighted by Gasteiger charge is -2.31. The molecule has 1 fully saturated rings. The third-order valence-corrected chi connectivity index (χ3v) is 3.22. The predicted molar refractivity (Wildman–Crippen MR) is 69.6 cm³/mol. The summed E-state index contributed by atoms with van der Waals surface area (Å²) < 4.78 is 18.6. The van der Waals surface area contributed by atoms with Gasteiger partial charge in [-0.2, -0.15) is 0 Å². The number of aliphatic hydroxyl groups is 2. The summed E-state index contributed by atoms with van der Waals surface area (Å²) in [4.78, 5) is 2.00. The van der Waals surface area contributed by atoms with Gasteiger partial charge in [0.1, 0.15) is 12.7 Å². The van der Waals surface area contributed by atoms with Crippen LogP contribution in [0.1, 0.15) is 12.8 Å². The highest BCUT2D eigenvalue weighted by molar-refractivity contribution is 5.23. The van der Waals surface area contributed by atoms with Crippen LogP contribution in [0.2, 0.25) is 0 Å². The number of aliphatic hydroxyl groups excluding tert-OH is 2. The molecule has 0 bridgehead atoms. The minimum Gasteiger partial charge on any atom is -0.488 e. The second-order valence-electron chi connectivity index (χ2n) is 4.95. The third-order valence-electron chi connectivity index (χ3n) is 3.22. The summed E-state index contributed by atoms with van der Waals surface area (Å²) >= 11 is 0. The molecule has 0 aliphatic carbocycles. The topological polar surface area (TPSA) is 52.9 Å². The Hall–Kier alpha value is -1.17. The van der Waals surface area contributed by atoms with Crippen molar-refractivity contribution < 1.29 is 19.3 Å². The number of piperidine rings is 1. The molecule has 1 aliphatic rings. The van der Waals surface area contributed by atoms with Crippen molar-refractivity contribution in [3.63, 3.8) is 0 Å². The van der Waals surface area contributed by atoms with Crippen LogP contribution >= 0.6 is 0 Å². The number of rotatable bonds is 5. The zero-order valence-corrected chi connectivity index (χ0v) is 10.8. The zero-order valence-electron chi connectivity index (χ0n) is 10.8. The van der Waals surface area contributed by atoms with Crippen molar-refractivity contribution in [1.82, 2.24) is 4.90 Å². The molecule has 1 aromatic carbocycles. The first-order valence-corrected chi connectivity index (χ1v) is 6.61. The Morgan fingerprint density at radius 2 is 2.21 bits per heavy atom. The molecule has 5 heteroatoms. The summed E-state index contributed by atoms with van der Waals surface area (Å²) in [5, 5.41) is 19.4. The van der Waals surface area contributed by atoms with Crippen molar-refractivity contribution in [1.29, 1.82) is 0 Å². The maximum atomic E-state index is 13.3. The molecule has 1 saturated heterocycles. The number of hydrogen-bond donors (Lipinski definition) is 2. The van der Waals surface area contributed by atoms with Gasteiger partial charge in [0.25, 0.3) is 0 Å². The number of benzene rings is 1. The van der Waals surface area contributed by atoms with E-state index in [1.54, 1.807) is 12.1 Å². The summed E-state index contributed by atoms with van der Waals surface area (Å²) in [6, 6.07) is 6.13. The van der Waals surface area contributed by atoms with E-state index in [0.29, 0.717) is 13.1 Å². The number of β-amino-alcohol motifs (C(OH)–C–C–N with tert-alkyl or cyclic N) is 2. The molecule has 1 aromatic rings. The number of hydrogen-bond acceptors (Lipinski definition) is 4. The van der Waals surface area contributed by atoms with Gasteiger partial charge < -0.3 is 14.9 Å². The fraction of sp³-hybridized carbons (Fsp3) is 0.571. The van der Waals surface area contributed by atoms with Crippen LogP contribution in [0.15, 0.2) is 24.3 Å². The van der Waals surface area contributed by atoms with Crippen LogP contribution in [0.3, 0.4) is 0 Å². The number of nitrogens with zero attached hydrogens (tertiary/aromatic N) is 1. The quantitative estimate of drug-likeness (QED) is 0.838. The summed E-state index contributed by atoms with van der Waals surface area (Å²) in [5.41, 5.74) is 0. The number of para-hydroxylation sites is 1. The van der Waals surface area contributed by atoms with Gasteiger partial charge in [0, 0.05) is 13.1 Å². The van der Waals surface area contributed by atoms with E-state index >= 15 is 0 Å². The highest BCUT2D eigenvalue weighted by Gasteiger charge is 2.20. The van der Waals surface area contributed by atoms with Gasteiger partial charge >= 0.3 is 0 Å². The van der Waals surface area contributed by atoms with Crippen molar-refractivity contribution in [2.75, 3.05) is 26.2 Å². The monoisotopic (exact) mass is 269 g/mol. The molecular formula is C14H20FNO3. The fourth-order valence-corrected chi connectivity index (χ4v) is 2.30. The van der Waals surface area contributed by atoms with Crippen LogP contribution in [0.4, 0.5) is 4.39 Å². The van der Waals surface area contributed by atoms with Crippen molar-refractivity contribution in [3.8, 4) is 5.75 Å². The van der Waals surface area contributed by atoms with Crippen molar-refractivity contribution >= 4 is 0 Å². The van der Waals surface area contributed by atoms with Crippen molar-refractivity contribution in [3.05, 3.63) is 30.1 Å². The van der Waals surface area contributed by atoms with Crippen LogP contribution in [-0.4, -0.2) is 53.6 Å². The van der Waals surface area contributed by atoms with Gasteiger partial charge in [0.15, 0.2) is 11.6 Å². The van der Waals surface area contributed by atoms with Crippen molar-refractivity contribution in [2.45, 2.75) is 25.0 Å². The Bertz CT molecular complexity index is 402. The maximum absolute atomic E-state index is 13.3. The molecule has 1 heterocycles. The minimum atomic E-state index is -0.690. The van der Waals surface area contributed by atoms with Gasteiger partial charge in [0.2, 0.25) is 0 Å². The largest absolute Gasteiger partial charge is 0.488 e. The smallest absolute Gasteiger partial charge is 0.165 e. The van der Waals surface area contributed by atoms with Crippen LogP contribution in [0.25, 0.3) is 0 Å². The molecule has 1 aliphatic heterocycles. The number of ether oxygens (including phenoxy) is 1. The molecule has 2 unspecified atom stereocenters. The second-order valence-corrected chi connectivity index (χ2v) is 4.95. The van der Waals surface area contributed by atoms with Gasteiger partial charge in [-0.15, -0.1) is 0 Å². The van der Waals surface area contributed by atoms with Gasteiger partial charge in [-0.1, -0.05) is 12.1 Å². The first kappa shape index (κ1) is 14.2. The summed E-state index contributed by atoms with van der Waals surface area (Å²) in [7, 11) is 0. The van der Waals surface area contributed by atoms with E-state index in [4.69, 9.17) is 4.74 Å². The summed E-state index contributed by atoms with van der Waals surface area (Å²) in [5.74, 6) is -0.275. The molecule has 0 saturated carbocycles. The third kappa shape index (κ3) is 4.45. The molecule has 0 amide bonds. The summed E-state index contributed by atoms with van der Waals surface area (Å²) in [6.45, 7) is 1.93. The average molecular weight is 269 g/mol. The molecule has 0 spiro atoms. The van der Waals surface area contributed by atoms with Crippen molar-refractivity contribution in [2.24, 2.45) is 0 Å². The SMILES string of the molecule is OC1CCCN(CC(O)COc2ccccc2F)C1. The minimum absolute atomic E-state index is 0.0491. The molecular weight excluding hydrogens is 249 g/mol. The molecule has 4 nitrogen and oxygen atoms in total. The number of likely N-dealkylation sites (tertiary alicyclic amines) is 1. The Balaban J connectivity index is 1.75. The van der Waals surface area contributed by atoms with E-state index in [0.717, 1.165) is 19.4 Å². The predicted octanol–water partition coefficient (Wildman–Crippen LogP) is 1.02. The highest BCUT2D eigenvalue weighted by Crippen LogP contribution is 2.16. The van der Waals surface area contributed by atoms with Crippen LogP contribution in [0.5, 0.6) is 5.75 Å². The molecule has 19 heavy (non-hydrogen) atoms. The molecule has 2 N–H and O–H groups in total. The van der Waals surface area contributed by atoms with E-state index in [9.17, 15) is 14.6 Å². The van der Waals surface area contributed by atoms with Crippen LogP contribution < -0.4 is 4.74 Å². The highest BCUT2D eigenvalue weighted by atomic mass is 19.1. The molecule has 0 radical (unpaired) electrons. The molecule has 0 aromatic heterocycles. The first-order valence-electron chi connectivity index (χ1n) is 6.61. The molecule has 106 valence electrons. The Labute approximate surface area is 112 Å². The lowest BCUT2D eigenvalue weighted by Crippen LogP contribution is -2.43. The van der Waals surface area contributed by atoms with E-state index in [2.05, 4.69) is 0 Å². The Kier molecular flexibility index (Phi) is 5.13. The molecule has 2 atom stereocenters. The van der Waals surface area contributed by atoms with Crippen LogP contribution in [-0.2, 0) is 0 Å². The average Bonchev–Trinajstić information content (AvgIpc) is 2.38. The van der Waals surface area contributed by atoms with Gasteiger partial charge in [-0.3, -0.25) is 4.90 Å². The van der Waals surface area contributed by atoms with E-state index in [-0.39, 0.29) is 18.5 Å².